The lowest BCUT2D eigenvalue weighted by Gasteiger charge is -2.38. The lowest BCUT2D eigenvalue weighted by atomic mass is 9.78. The maximum absolute atomic E-state index is 12.9. The van der Waals surface area contributed by atoms with Gasteiger partial charge in [0.2, 0.25) is 0 Å². The summed E-state index contributed by atoms with van der Waals surface area (Å²) in [6.45, 7) is 3.90. The molecule has 1 spiro atoms. The second-order valence-electron chi connectivity index (χ2n) is 7.03. The molecule has 1 N–H and O–H groups in total. The van der Waals surface area contributed by atoms with Gasteiger partial charge >= 0.3 is 0 Å². The summed E-state index contributed by atoms with van der Waals surface area (Å²) in [6, 6.07) is 11.0. The highest BCUT2D eigenvalue weighted by molar-refractivity contribution is 5.94. The molecule has 130 valence electrons. The van der Waals surface area contributed by atoms with Crippen molar-refractivity contribution in [2.24, 2.45) is 5.41 Å². The molecule has 2 aromatic rings. The average molecular weight is 337 g/mol. The molecule has 3 heterocycles. The van der Waals surface area contributed by atoms with Crippen molar-refractivity contribution < 1.29 is 9.53 Å². The van der Waals surface area contributed by atoms with Crippen LogP contribution in [0.4, 0.5) is 0 Å². The van der Waals surface area contributed by atoms with E-state index >= 15 is 0 Å². The topological polar surface area (TPSA) is 54.5 Å². The minimum Gasteiger partial charge on any atom is -0.457 e. The highest BCUT2D eigenvalue weighted by Gasteiger charge is 2.38. The zero-order chi connectivity index (χ0) is 17.1. The molecule has 2 aliphatic rings. The first kappa shape index (κ1) is 16.1. The van der Waals surface area contributed by atoms with Crippen LogP contribution >= 0.6 is 0 Å². The van der Waals surface area contributed by atoms with Crippen LogP contribution in [-0.4, -0.2) is 42.0 Å². The summed E-state index contributed by atoms with van der Waals surface area (Å²) in [7, 11) is 0. The molecule has 5 heteroatoms. The first-order valence-electron chi connectivity index (χ1n) is 8.92. The lowest BCUT2D eigenvalue weighted by Crippen LogP contribution is -2.44. The SMILES string of the molecule is O=C(c1cccc(Oc2ccncc2)c1)N1CCC2(CCNC2)CC1. The minimum atomic E-state index is 0.0981. The summed E-state index contributed by atoms with van der Waals surface area (Å²) < 4.78 is 5.81. The van der Waals surface area contributed by atoms with Crippen LogP contribution in [0.25, 0.3) is 0 Å². The number of piperidine rings is 1. The van der Waals surface area contributed by atoms with Gasteiger partial charge < -0.3 is 15.0 Å². The van der Waals surface area contributed by atoms with E-state index in [9.17, 15) is 4.79 Å². The van der Waals surface area contributed by atoms with E-state index in [1.165, 1.54) is 6.42 Å². The molecule has 25 heavy (non-hydrogen) atoms. The second kappa shape index (κ2) is 6.84. The molecule has 0 unspecified atom stereocenters. The summed E-state index contributed by atoms with van der Waals surface area (Å²) in [5, 5.41) is 3.46. The summed E-state index contributed by atoms with van der Waals surface area (Å²) in [6.07, 6.45) is 6.81. The number of amides is 1. The van der Waals surface area contributed by atoms with Crippen LogP contribution in [0.1, 0.15) is 29.6 Å². The van der Waals surface area contributed by atoms with E-state index in [1.807, 2.05) is 29.2 Å². The third-order valence-electron chi connectivity index (χ3n) is 5.41. The van der Waals surface area contributed by atoms with E-state index in [0.717, 1.165) is 39.0 Å². The molecule has 1 aromatic heterocycles. The summed E-state index contributed by atoms with van der Waals surface area (Å²) in [5.41, 5.74) is 1.11. The Morgan fingerprint density at radius 3 is 2.60 bits per heavy atom. The molecule has 2 fully saturated rings. The van der Waals surface area contributed by atoms with Gasteiger partial charge in [-0.3, -0.25) is 9.78 Å². The normalized spacial score (nSPS) is 19.1. The summed E-state index contributed by atoms with van der Waals surface area (Å²) in [5.74, 6) is 1.49. The Kier molecular flexibility index (Phi) is 4.40. The maximum atomic E-state index is 12.9. The molecule has 1 aromatic carbocycles. The van der Waals surface area contributed by atoms with Crippen LogP contribution in [0.3, 0.4) is 0 Å². The molecule has 0 atom stereocenters. The minimum absolute atomic E-state index is 0.0981. The summed E-state index contributed by atoms with van der Waals surface area (Å²) in [4.78, 5) is 18.8. The van der Waals surface area contributed by atoms with Gasteiger partial charge in [0.15, 0.2) is 0 Å². The molecule has 4 rings (SSSR count). The maximum Gasteiger partial charge on any atom is 0.253 e. The number of nitrogens with zero attached hydrogens (tertiary/aromatic N) is 2. The molecule has 0 bridgehead atoms. The van der Waals surface area contributed by atoms with Gasteiger partial charge in [-0.05, 0) is 61.6 Å². The quantitative estimate of drug-likeness (QED) is 0.935. The highest BCUT2D eigenvalue weighted by Crippen LogP contribution is 2.37. The van der Waals surface area contributed by atoms with Crippen molar-refractivity contribution >= 4 is 5.91 Å². The molecule has 2 aliphatic heterocycles. The van der Waals surface area contributed by atoms with Crippen molar-refractivity contribution in [1.29, 1.82) is 0 Å². The number of carbonyl (C=O) groups is 1. The number of nitrogens with one attached hydrogen (secondary N) is 1. The number of aromatic nitrogens is 1. The van der Waals surface area contributed by atoms with Gasteiger partial charge in [-0.1, -0.05) is 6.07 Å². The highest BCUT2D eigenvalue weighted by atomic mass is 16.5. The van der Waals surface area contributed by atoms with E-state index < -0.39 is 0 Å². The van der Waals surface area contributed by atoms with Gasteiger partial charge in [0.25, 0.3) is 5.91 Å². The van der Waals surface area contributed by atoms with Crippen molar-refractivity contribution in [2.45, 2.75) is 19.3 Å². The Balaban J connectivity index is 1.43. The van der Waals surface area contributed by atoms with Crippen LogP contribution in [0.15, 0.2) is 48.8 Å². The average Bonchev–Trinajstić information content (AvgIpc) is 3.11. The van der Waals surface area contributed by atoms with Crippen LogP contribution in [0.5, 0.6) is 11.5 Å². The fraction of sp³-hybridized carbons (Fsp3) is 0.400. The number of rotatable bonds is 3. The van der Waals surface area contributed by atoms with Gasteiger partial charge in [-0.15, -0.1) is 0 Å². The zero-order valence-corrected chi connectivity index (χ0v) is 14.3. The fourth-order valence-electron chi connectivity index (χ4n) is 3.82. The van der Waals surface area contributed by atoms with Crippen molar-refractivity contribution in [3.8, 4) is 11.5 Å². The van der Waals surface area contributed by atoms with Gasteiger partial charge in [0.1, 0.15) is 11.5 Å². The van der Waals surface area contributed by atoms with Crippen LogP contribution < -0.4 is 10.1 Å². The van der Waals surface area contributed by atoms with Gasteiger partial charge in [0.05, 0.1) is 0 Å². The van der Waals surface area contributed by atoms with Crippen LogP contribution in [0, 0.1) is 5.41 Å². The van der Waals surface area contributed by atoms with Crippen molar-refractivity contribution in [1.82, 2.24) is 15.2 Å². The summed E-state index contributed by atoms with van der Waals surface area (Å²) >= 11 is 0. The van der Waals surface area contributed by atoms with E-state index in [4.69, 9.17) is 4.74 Å². The monoisotopic (exact) mass is 337 g/mol. The van der Waals surface area contributed by atoms with Crippen molar-refractivity contribution in [3.63, 3.8) is 0 Å². The van der Waals surface area contributed by atoms with Gasteiger partial charge in [0, 0.05) is 37.6 Å². The number of likely N-dealkylation sites (tertiary alicyclic amines) is 1. The van der Waals surface area contributed by atoms with Crippen molar-refractivity contribution in [3.05, 3.63) is 54.4 Å². The molecule has 1 amide bonds. The predicted octanol–water partition coefficient (Wildman–Crippen LogP) is 3.09. The Labute approximate surface area is 148 Å². The molecular weight excluding hydrogens is 314 g/mol. The zero-order valence-electron chi connectivity index (χ0n) is 14.3. The second-order valence-corrected chi connectivity index (χ2v) is 7.03. The number of ether oxygens (including phenoxy) is 1. The third-order valence-corrected chi connectivity index (χ3v) is 5.41. The molecule has 0 aliphatic carbocycles. The van der Waals surface area contributed by atoms with Crippen molar-refractivity contribution in [2.75, 3.05) is 26.2 Å². The van der Waals surface area contributed by atoms with Gasteiger partial charge in [-0.2, -0.15) is 0 Å². The Hall–Kier alpha value is -2.40. The molecular formula is C20H23N3O2. The number of benzene rings is 1. The largest absolute Gasteiger partial charge is 0.457 e. The predicted molar refractivity (Wildman–Crippen MR) is 95.8 cm³/mol. The smallest absolute Gasteiger partial charge is 0.253 e. The van der Waals surface area contributed by atoms with Gasteiger partial charge in [-0.25, -0.2) is 0 Å². The van der Waals surface area contributed by atoms with E-state index in [0.29, 0.717) is 22.5 Å². The van der Waals surface area contributed by atoms with E-state index in [-0.39, 0.29) is 5.91 Å². The number of carbonyl (C=O) groups excluding carboxylic acids is 1. The molecule has 5 nitrogen and oxygen atoms in total. The Morgan fingerprint density at radius 2 is 1.88 bits per heavy atom. The number of hydrogen-bond acceptors (Lipinski definition) is 4. The number of hydrogen-bond donors (Lipinski definition) is 1. The van der Waals surface area contributed by atoms with E-state index in [2.05, 4.69) is 10.3 Å². The Bertz CT molecular complexity index is 732. The molecule has 0 saturated carbocycles. The first-order valence-corrected chi connectivity index (χ1v) is 8.92. The van der Waals surface area contributed by atoms with Crippen LogP contribution in [0.2, 0.25) is 0 Å². The number of pyridine rings is 1. The standard InChI is InChI=1S/C20H23N3O2/c24-19(23-12-7-20(8-13-23)6-11-22-15-20)16-2-1-3-18(14-16)25-17-4-9-21-10-5-17/h1-5,9-10,14,22H,6-8,11-13,15H2. The third kappa shape index (κ3) is 3.51. The lowest BCUT2D eigenvalue weighted by molar-refractivity contribution is 0.0607. The van der Waals surface area contributed by atoms with E-state index in [1.54, 1.807) is 24.5 Å². The fourth-order valence-corrected chi connectivity index (χ4v) is 3.82. The first-order chi connectivity index (χ1) is 12.2. The Morgan fingerprint density at radius 1 is 1.08 bits per heavy atom. The van der Waals surface area contributed by atoms with Crippen LogP contribution in [-0.2, 0) is 0 Å². The molecule has 0 radical (unpaired) electrons. The molecule has 2 saturated heterocycles.